The van der Waals surface area contributed by atoms with Crippen LogP contribution in [0.25, 0.3) is 0 Å². The Hall–Kier alpha value is 0. The third kappa shape index (κ3) is 0.556. The lowest BCUT2D eigenvalue weighted by atomic mass is 8.42. The smallest absolute Gasteiger partial charge is 0.00502 e. The van der Waals surface area contributed by atoms with Crippen LogP contribution in [0.15, 0.2) is 0 Å². The van der Waals surface area contributed by atoms with E-state index in [1.807, 2.05) is 25.7 Å². The molecule has 332 valence electrons. The molecule has 0 bridgehead atoms. The predicted octanol–water partition coefficient (Wildman–Crippen LogP) is 5.99. The van der Waals surface area contributed by atoms with Crippen LogP contribution in [-0.4, -0.2) is 0 Å². The summed E-state index contributed by atoms with van der Waals surface area (Å²) in [5.41, 5.74) is 35.9. The first-order chi connectivity index (χ1) is 35.8. The molecule has 0 N–H and O–H groups in total. The molecule has 0 saturated heterocycles. The Labute approximate surface area is 409 Å². The van der Waals surface area contributed by atoms with E-state index < -0.39 is 0 Å². The zero-order chi connectivity index (χ0) is 39.6. The van der Waals surface area contributed by atoms with Crippen LogP contribution in [0.3, 0.4) is 0 Å². The normalized spacial score (nSPS) is 141. The zero-order valence-corrected chi connectivity index (χ0v) is 39.6. The van der Waals surface area contributed by atoms with Crippen molar-refractivity contribution in [2.24, 2.45) is 386 Å². The second kappa shape index (κ2) is 3.76. The number of rotatable bonds is 0. The molecule has 51 fully saturated rings. The number of fused-ring (bicyclic) bond motifs is 32. The molecule has 0 aromatic carbocycles. The highest BCUT2D eigenvalue weighted by molar-refractivity contribution is 6.08. The van der Waals surface area contributed by atoms with Gasteiger partial charge in [-0.25, -0.2) is 0 Å². The van der Waals surface area contributed by atoms with Crippen molar-refractivity contribution in [2.45, 2.75) is 25.7 Å². The van der Waals surface area contributed by atoms with Gasteiger partial charge in [-0.3, -0.25) is 0 Å². The van der Waals surface area contributed by atoms with Crippen molar-refractivity contribution in [3.05, 3.63) is 0 Å². The zero-order valence-electron chi connectivity index (χ0n) is 39.6. The van der Waals surface area contributed by atoms with E-state index in [0.29, 0.717) is 0 Å². The summed E-state index contributed by atoms with van der Waals surface area (Å²) >= 11 is 0. The lowest BCUT2D eigenvalue weighted by Crippen LogP contribution is -3.59. The molecular formula is C72H44. The monoisotopic (exact) mass is 908 g/mol. The molecular weight excluding hydrogens is 865 g/mol. The molecule has 0 nitrogen and oxygen atoms in total. The highest BCUT2D eigenvalue weighted by Crippen LogP contribution is 3.65. The molecule has 64 atom stereocenters. The maximum Gasteiger partial charge on any atom is -0.00502 e. The maximum absolute atomic E-state index is 1.83. The van der Waals surface area contributed by atoms with Crippen LogP contribution in [0.4, 0.5) is 0 Å². The van der Waals surface area contributed by atoms with Crippen LogP contribution in [0.2, 0.25) is 0 Å². The number of hydrogen-bond donors (Lipinski definition) is 0. The minimum atomic E-state index is 1.10. The van der Waals surface area contributed by atoms with Crippen molar-refractivity contribution < 1.29 is 0 Å². The largest absolute Gasteiger partial charge is 0.0458 e. The Bertz CT molecular complexity index is 4390. The van der Waals surface area contributed by atoms with E-state index in [-0.39, 0.29) is 0 Å². The SMILES string of the molecule is C1C2C3CC4C5C6C7C8C9C%10C%11C%12C%13C%14C%15C%16C%17C%18C%19CC%20C%21CC%22C%23C%24C%25C%26C%27C%28C%29C%30C%31C%32C%33C%34C%35C%36C1C21C34C52C%361C%351C62C72C%341C%331C82C92C%321C%311C%102C%112C%301C%291C%283C%274C%265C%256C%247C%238C%21%22C%20%19C%188C%177C%166C%155C%144C%133C%1212. The van der Waals surface area contributed by atoms with Gasteiger partial charge in [-0.1, -0.05) is 0 Å². The summed E-state index contributed by atoms with van der Waals surface area (Å²) in [5, 5.41) is 0. The third-order valence-electron chi connectivity index (χ3n) is 62.3. The molecule has 51 rings (SSSR count). The van der Waals surface area contributed by atoms with Gasteiger partial charge in [-0.2, -0.15) is 0 Å². The topological polar surface area (TPSA) is 0 Å². The average molecular weight is 909 g/mol. The molecule has 0 radical (unpaired) electrons. The van der Waals surface area contributed by atoms with Crippen molar-refractivity contribution >= 4 is 0 Å². The van der Waals surface area contributed by atoms with Gasteiger partial charge in [-0.15, -0.1) is 0 Å². The second-order valence-electron chi connectivity index (χ2n) is 46.6. The minimum Gasteiger partial charge on any atom is -0.0458 e. The predicted molar refractivity (Wildman–Crippen MR) is 222 cm³/mol. The van der Waals surface area contributed by atoms with Gasteiger partial charge in [0, 0.05) is 0 Å². The molecule has 32 spiro atoms. The van der Waals surface area contributed by atoms with E-state index in [4.69, 9.17) is 0 Å². The van der Waals surface area contributed by atoms with E-state index in [9.17, 15) is 0 Å². The molecule has 51 aliphatic rings. The van der Waals surface area contributed by atoms with Crippen LogP contribution < -0.4 is 0 Å². The summed E-state index contributed by atoms with van der Waals surface area (Å²) < 4.78 is 0. The first kappa shape index (κ1) is 24.4. The van der Waals surface area contributed by atoms with Crippen LogP contribution in [0, 0.1) is 386 Å². The molecule has 72 heavy (non-hydrogen) atoms. The summed E-state index contributed by atoms with van der Waals surface area (Å²) in [6, 6.07) is 0. The van der Waals surface area contributed by atoms with Gasteiger partial charge in [-0.05, 0) is 412 Å². The molecule has 0 heteroatoms. The number of hydrogen-bond acceptors (Lipinski definition) is 0. The van der Waals surface area contributed by atoms with Crippen molar-refractivity contribution in [3.63, 3.8) is 0 Å². The molecule has 0 aliphatic heterocycles. The molecule has 0 aromatic rings. The summed E-state index contributed by atoms with van der Waals surface area (Å²) in [7, 11) is 0. The summed E-state index contributed by atoms with van der Waals surface area (Å²) in [4.78, 5) is 0. The highest BCUT2D eigenvalue weighted by Gasteiger charge is 3.63. The third-order valence-corrected chi connectivity index (χ3v) is 62.3. The fourth-order valence-corrected chi connectivity index (χ4v) is 78.7. The summed E-state index contributed by atoms with van der Waals surface area (Å²) in [6.45, 7) is 0. The molecule has 0 amide bonds. The van der Waals surface area contributed by atoms with E-state index in [1.165, 1.54) is 213 Å². The molecule has 51 aliphatic carbocycles. The van der Waals surface area contributed by atoms with E-state index in [0.717, 1.165) is 173 Å². The average Bonchev–Trinajstić information content (AvgIpc) is 0.450. The van der Waals surface area contributed by atoms with Crippen molar-refractivity contribution in [2.75, 3.05) is 0 Å². The van der Waals surface area contributed by atoms with Gasteiger partial charge < -0.3 is 0 Å². The van der Waals surface area contributed by atoms with Crippen molar-refractivity contribution in [3.8, 4) is 0 Å². The Balaban J connectivity index is 0.576. The highest BCUT2D eigenvalue weighted by atomic mass is 15.7. The minimum absolute atomic E-state index is 1.10. The van der Waals surface area contributed by atoms with E-state index in [2.05, 4.69) is 0 Å². The lowest BCUT2D eigenvalue weighted by molar-refractivity contribution is -1.16. The quantitative estimate of drug-likeness (QED) is 0.281. The molecule has 0 heterocycles. The van der Waals surface area contributed by atoms with Gasteiger partial charge >= 0.3 is 0 Å². The first-order valence-corrected chi connectivity index (χ1v) is 35.8. The lowest BCUT2D eigenvalue weighted by Gasteiger charge is -3.60. The van der Waals surface area contributed by atoms with Gasteiger partial charge in [0.25, 0.3) is 0 Å². The Kier molecular flexibility index (Phi) is 1.27. The van der Waals surface area contributed by atoms with Gasteiger partial charge in [0.05, 0.1) is 0 Å². The Morgan fingerprint density at radius 2 is 0.222 bits per heavy atom. The fourth-order valence-electron chi connectivity index (χ4n) is 78.7. The van der Waals surface area contributed by atoms with Crippen LogP contribution in [-0.2, 0) is 0 Å². The Morgan fingerprint density at radius 3 is 0.361 bits per heavy atom. The van der Waals surface area contributed by atoms with Gasteiger partial charge in [0.1, 0.15) is 0 Å². The Morgan fingerprint density at radius 1 is 0.111 bits per heavy atom. The van der Waals surface area contributed by atoms with Crippen LogP contribution in [0.5, 0.6) is 0 Å². The van der Waals surface area contributed by atoms with Crippen molar-refractivity contribution in [1.29, 1.82) is 0 Å². The van der Waals surface area contributed by atoms with Crippen LogP contribution in [0.1, 0.15) is 25.7 Å². The van der Waals surface area contributed by atoms with Crippen LogP contribution >= 0.6 is 0 Å². The van der Waals surface area contributed by atoms with Gasteiger partial charge in [0.2, 0.25) is 0 Å². The fraction of sp³-hybridized carbons (Fsp3) is 1.00. The first-order valence-electron chi connectivity index (χ1n) is 35.8. The van der Waals surface area contributed by atoms with Crippen molar-refractivity contribution in [1.82, 2.24) is 0 Å². The maximum atomic E-state index is 1.83. The van der Waals surface area contributed by atoms with E-state index in [1.54, 1.807) is 0 Å². The van der Waals surface area contributed by atoms with Gasteiger partial charge in [0.15, 0.2) is 0 Å². The summed E-state index contributed by atoms with van der Waals surface area (Å²) in [6.07, 6.45) is 7.32. The molecule has 0 aromatic heterocycles. The standard InChI is InChI=1S/C72H44/c1-5-6-2-10-14-18-22-26-30-34-39-40-36-32-28-24-20-16-12-4-8-7-3-11-15-19-23-27-31-35-38-37-33-29-25-21-17-13-9(1)41(5)42(6,10)46(14)45(13,41)49(17)50(18,46)54(22)53(21,49)57(25)58(26,54)62(30)61(29,57)65(33)66(34,62)71(39)69(37,65)70(38)67(35)63(31)59(27)55(23)51(19)47(15)43(7,11)44(8,12)48(16,47)52(20,51)56(24,55)60(28,59)64(32,63)68(36,67)72(40,70)71/h5-40H,1-4H2. The molecule has 64 unspecified atom stereocenters. The van der Waals surface area contributed by atoms with E-state index >= 15 is 0 Å². The molecule has 51 saturated carbocycles. The summed E-state index contributed by atoms with van der Waals surface area (Å²) in [5.74, 6) is 50.8. The second-order valence-corrected chi connectivity index (χ2v) is 46.6.